The van der Waals surface area contributed by atoms with Crippen LogP contribution in [0.4, 0.5) is 4.39 Å². The van der Waals surface area contributed by atoms with Gasteiger partial charge < -0.3 is 10.1 Å². The van der Waals surface area contributed by atoms with Gasteiger partial charge in [0.2, 0.25) is 0 Å². The number of carbonyl (C=O) groups is 3. The number of para-hydroxylation sites is 1. The number of aldehydes is 1. The van der Waals surface area contributed by atoms with Crippen LogP contribution in [0.5, 0.6) is 0 Å². The summed E-state index contributed by atoms with van der Waals surface area (Å²) in [6.07, 6.45) is 6.98. The lowest BCUT2D eigenvalue weighted by Crippen LogP contribution is -2.55. The lowest BCUT2D eigenvalue weighted by Gasteiger charge is -2.47. The first-order valence-electron chi connectivity index (χ1n) is 14.2. The quantitative estimate of drug-likeness (QED) is 0.363. The molecule has 6 nitrogen and oxygen atoms in total. The van der Waals surface area contributed by atoms with E-state index in [2.05, 4.69) is 10.4 Å². The lowest BCUT2D eigenvalue weighted by atomic mass is 9.58. The summed E-state index contributed by atoms with van der Waals surface area (Å²) in [6.45, 7) is 6.32. The number of fused-ring (bicyclic) bond motifs is 1. The number of halogens is 1. The summed E-state index contributed by atoms with van der Waals surface area (Å²) >= 11 is 0. The van der Waals surface area contributed by atoms with Gasteiger partial charge in [0.05, 0.1) is 18.1 Å². The predicted octanol–water partition coefficient (Wildman–Crippen LogP) is 5.97. The molecule has 0 saturated heterocycles. The number of rotatable bonds is 8. The average Bonchev–Trinajstić information content (AvgIpc) is 3.26. The van der Waals surface area contributed by atoms with E-state index < -0.39 is 11.5 Å². The van der Waals surface area contributed by atoms with Crippen LogP contribution in [-0.2, 0) is 16.1 Å². The fraction of sp³-hybridized carbons (Fsp3) is 0.500. The van der Waals surface area contributed by atoms with Crippen molar-refractivity contribution in [3.8, 4) is 0 Å². The average molecular weight is 532 g/mol. The lowest BCUT2D eigenvalue weighted by molar-refractivity contribution is -0.136. The molecule has 5 atom stereocenters. The van der Waals surface area contributed by atoms with Crippen LogP contribution < -0.4 is 5.32 Å². The summed E-state index contributed by atoms with van der Waals surface area (Å²) in [5.41, 5.74) is 1.44. The summed E-state index contributed by atoms with van der Waals surface area (Å²) < 4.78 is 15.2. The van der Waals surface area contributed by atoms with E-state index in [1.807, 2.05) is 45.0 Å². The number of carbonyl (C=O) groups excluding carboxylic acids is 3. The van der Waals surface area contributed by atoms with Crippen molar-refractivity contribution < 1.29 is 18.8 Å². The van der Waals surface area contributed by atoms with Crippen LogP contribution in [0.1, 0.15) is 75.3 Å². The molecule has 0 spiro atoms. The van der Waals surface area contributed by atoms with Crippen LogP contribution in [-0.4, -0.2) is 33.8 Å². The van der Waals surface area contributed by atoms with Crippen molar-refractivity contribution in [2.24, 2.45) is 29.1 Å². The van der Waals surface area contributed by atoms with Crippen molar-refractivity contribution in [3.05, 3.63) is 65.6 Å². The molecule has 0 aliphatic heterocycles. The van der Waals surface area contributed by atoms with Crippen molar-refractivity contribution in [1.29, 1.82) is 0 Å². The normalized spacial score (nSPS) is 24.1. The fourth-order valence-corrected chi connectivity index (χ4v) is 6.59. The Hall–Kier alpha value is -3.35. The minimum absolute atomic E-state index is 0.0402. The molecule has 0 bridgehead atoms. The number of Topliss-reactive ketones (excluding diaryl/α,β-unsaturated/α-hetero) is 1. The minimum Gasteiger partial charge on any atom is -0.340 e. The molecular formula is C32H38FN3O3. The highest BCUT2D eigenvalue weighted by molar-refractivity contribution is 6.06. The van der Waals surface area contributed by atoms with Gasteiger partial charge in [0, 0.05) is 17.2 Å². The Bertz CT molecular complexity index is 1360. The number of amides is 1. The van der Waals surface area contributed by atoms with Gasteiger partial charge >= 0.3 is 0 Å². The van der Waals surface area contributed by atoms with E-state index in [4.69, 9.17) is 0 Å². The number of ketones is 1. The molecule has 2 saturated carbocycles. The molecule has 1 amide bonds. The second-order valence-electron chi connectivity index (χ2n) is 12.4. The highest BCUT2D eigenvalue weighted by Crippen LogP contribution is 2.48. The molecule has 5 rings (SSSR count). The number of aromatic nitrogens is 2. The van der Waals surface area contributed by atoms with Crippen LogP contribution in [0.15, 0.2) is 48.5 Å². The Morgan fingerprint density at radius 3 is 2.41 bits per heavy atom. The van der Waals surface area contributed by atoms with Crippen LogP contribution in [0.2, 0.25) is 0 Å². The standard InChI is InChI=1S/C32H38FN3O3/c1-32(2,3)30(29(38)25-17-16-24(25)23-9-5-4-8-21(23)19-37)34-31(39)28-26-10-6-7-11-27(26)36(35-28)18-20-12-14-22(33)15-13-20/h6-7,10-15,19,21,23-25,30H,4-5,8-9,16-18H2,1-3H3,(H,34,39)/t21-,23?,24?,25?,30?/m0/s1. The molecule has 206 valence electrons. The molecule has 1 aromatic heterocycles. The second kappa shape index (κ2) is 11.0. The summed E-state index contributed by atoms with van der Waals surface area (Å²) in [5, 5.41) is 8.42. The van der Waals surface area contributed by atoms with Gasteiger partial charge in [-0.15, -0.1) is 0 Å². The molecule has 7 heteroatoms. The Labute approximate surface area is 229 Å². The molecule has 1 heterocycles. The summed E-state index contributed by atoms with van der Waals surface area (Å²) in [4.78, 5) is 39.4. The number of hydrogen-bond donors (Lipinski definition) is 1. The van der Waals surface area contributed by atoms with E-state index in [0.29, 0.717) is 11.9 Å². The van der Waals surface area contributed by atoms with Gasteiger partial charge in [-0.1, -0.05) is 63.9 Å². The first-order valence-corrected chi connectivity index (χ1v) is 14.2. The monoisotopic (exact) mass is 531 g/mol. The maximum absolute atomic E-state index is 14.0. The SMILES string of the molecule is CC(C)(C)C(NC(=O)c1nn(Cc2ccc(F)cc2)c2ccccc12)C(=O)C1CCC1C1CCCC[C@H]1C=O. The predicted molar refractivity (Wildman–Crippen MR) is 149 cm³/mol. The van der Waals surface area contributed by atoms with Crippen molar-refractivity contribution in [3.63, 3.8) is 0 Å². The molecule has 1 N–H and O–H groups in total. The number of nitrogens with one attached hydrogen (secondary N) is 1. The molecule has 39 heavy (non-hydrogen) atoms. The molecular weight excluding hydrogens is 493 g/mol. The van der Waals surface area contributed by atoms with E-state index in [1.165, 1.54) is 12.1 Å². The van der Waals surface area contributed by atoms with Crippen molar-refractivity contribution >= 4 is 28.9 Å². The smallest absolute Gasteiger partial charge is 0.273 e. The van der Waals surface area contributed by atoms with Gasteiger partial charge in [0.25, 0.3) is 5.91 Å². The molecule has 2 aromatic carbocycles. The van der Waals surface area contributed by atoms with E-state index in [-0.39, 0.29) is 46.9 Å². The summed E-state index contributed by atoms with van der Waals surface area (Å²) in [6, 6.07) is 13.1. The molecule has 4 unspecified atom stereocenters. The van der Waals surface area contributed by atoms with Crippen molar-refractivity contribution in [2.45, 2.75) is 71.9 Å². The Balaban J connectivity index is 1.38. The number of benzene rings is 2. The topological polar surface area (TPSA) is 81.1 Å². The van der Waals surface area contributed by atoms with Crippen LogP contribution in [0, 0.1) is 34.9 Å². The number of hydrogen-bond acceptors (Lipinski definition) is 4. The van der Waals surface area contributed by atoms with Crippen LogP contribution in [0.3, 0.4) is 0 Å². The van der Waals surface area contributed by atoms with Crippen molar-refractivity contribution in [2.75, 3.05) is 0 Å². The molecule has 2 aliphatic carbocycles. The van der Waals surface area contributed by atoms with Crippen LogP contribution >= 0.6 is 0 Å². The maximum atomic E-state index is 14.0. The second-order valence-corrected chi connectivity index (χ2v) is 12.4. The zero-order chi connectivity index (χ0) is 27.7. The molecule has 2 fully saturated rings. The van der Waals surface area contributed by atoms with E-state index in [9.17, 15) is 18.8 Å². The summed E-state index contributed by atoms with van der Waals surface area (Å²) in [5.74, 6) is -0.229. The fourth-order valence-electron chi connectivity index (χ4n) is 6.59. The highest BCUT2D eigenvalue weighted by atomic mass is 19.1. The largest absolute Gasteiger partial charge is 0.340 e. The van der Waals surface area contributed by atoms with Gasteiger partial charge in [-0.2, -0.15) is 5.10 Å². The van der Waals surface area contributed by atoms with E-state index in [1.54, 1.807) is 16.8 Å². The minimum atomic E-state index is -0.669. The van der Waals surface area contributed by atoms with Gasteiger partial charge in [-0.3, -0.25) is 14.3 Å². The van der Waals surface area contributed by atoms with E-state index >= 15 is 0 Å². The molecule has 0 radical (unpaired) electrons. The van der Waals surface area contributed by atoms with Gasteiger partial charge in [0.15, 0.2) is 11.5 Å². The Kier molecular flexibility index (Phi) is 7.70. The molecule has 3 aromatic rings. The van der Waals surface area contributed by atoms with Gasteiger partial charge in [-0.05, 0) is 66.7 Å². The van der Waals surface area contributed by atoms with Crippen LogP contribution in [0.25, 0.3) is 10.9 Å². The Morgan fingerprint density at radius 2 is 1.74 bits per heavy atom. The molecule has 2 aliphatic rings. The zero-order valence-corrected chi connectivity index (χ0v) is 23.0. The van der Waals surface area contributed by atoms with Crippen molar-refractivity contribution in [1.82, 2.24) is 15.1 Å². The number of nitrogens with zero attached hydrogens (tertiary/aromatic N) is 2. The third-order valence-electron chi connectivity index (χ3n) is 8.84. The third-order valence-corrected chi connectivity index (χ3v) is 8.84. The van der Waals surface area contributed by atoms with Gasteiger partial charge in [0.1, 0.15) is 12.1 Å². The highest BCUT2D eigenvalue weighted by Gasteiger charge is 2.48. The summed E-state index contributed by atoms with van der Waals surface area (Å²) in [7, 11) is 0. The third kappa shape index (κ3) is 5.54. The maximum Gasteiger partial charge on any atom is 0.273 e. The zero-order valence-electron chi connectivity index (χ0n) is 23.0. The first-order chi connectivity index (χ1) is 18.7. The first kappa shape index (κ1) is 27.2. The van der Waals surface area contributed by atoms with E-state index in [0.717, 1.165) is 55.9 Å². The Morgan fingerprint density at radius 1 is 1.03 bits per heavy atom. The van der Waals surface area contributed by atoms with Gasteiger partial charge in [-0.25, -0.2) is 4.39 Å².